The fraction of sp³-hybridized carbons (Fsp3) is 0.581. The van der Waals surface area contributed by atoms with Crippen molar-refractivity contribution in [2.75, 3.05) is 13.1 Å². The van der Waals surface area contributed by atoms with E-state index in [0.29, 0.717) is 11.1 Å². The van der Waals surface area contributed by atoms with Gasteiger partial charge in [-0.05, 0) is 54.4 Å². The smallest absolute Gasteiger partial charge is 0.201 e. The third-order valence-corrected chi connectivity index (χ3v) is 14.1. The molecule has 4 heteroatoms. The van der Waals surface area contributed by atoms with Crippen LogP contribution in [0, 0.1) is 0 Å². The van der Waals surface area contributed by atoms with Crippen molar-refractivity contribution in [3.8, 4) is 5.75 Å². The lowest BCUT2D eigenvalue weighted by Gasteiger charge is -2.24. The molecule has 4 nitrogen and oxygen atoms in total. The van der Waals surface area contributed by atoms with Crippen molar-refractivity contribution in [1.29, 1.82) is 0 Å². The molecule has 0 bridgehead atoms. The van der Waals surface area contributed by atoms with Crippen molar-refractivity contribution >= 4 is 22.8 Å². The van der Waals surface area contributed by atoms with Crippen molar-refractivity contribution in [2.45, 2.75) is 219 Å². The Hall–Kier alpha value is -4.18. The summed E-state index contributed by atoms with van der Waals surface area (Å²) >= 11 is 0. The number of benzene rings is 2. The molecule has 0 radical (unpaired) electrons. The summed E-state index contributed by atoms with van der Waals surface area (Å²) in [4.78, 5) is 13.7. The summed E-state index contributed by atoms with van der Waals surface area (Å²) in [6.45, 7) is 6.73. The van der Waals surface area contributed by atoms with E-state index in [1.54, 1.807) is 0 Å². The number of para-hydroxylation sites is 1. The van der Waals surface area contributed by atoms with Crippen LogP contribution in [0.15, 0.2) is 114 Å². The fourth-order valence-electron chi connectivity index (χ4n) is 9.91. The SMILES string of the molecule is CCCCCCCCCCCCCCCCCC[N+](CCCCCCCCCCCCCCCCCC)=C1C=CC(=C2C(=O)C(/C=C3\C=C(c4ccccc4)Oc4ccccc43)=C2O)C=C1. The molecule has 2 aromatic carbocycles. The van der Waals surface area contributed by atoms with Gasteiger partial charge in [0.25, 0.3) is 0 Å². The van der Waals surface area contributed by atoms with Gasteiger partial charge >= 0.3 is 0 Å². The second-order valence-corrected chi connectivity index (χ2v) is 19.7. The van der Waals surface area contributed by atoms with Gasteiger partial charge in [-0.1, -0.05) is 242 Å². The fourth-order valence-corrected chi connectivity index (χ4v) is 9.91. The van der Waals surface area contributed by atoms with Crippen molar-refractivity contribution in [3.63, 3.8) is 0 Å². The maximum Gasteiger partial charge on any atom is 0.201 e. The van der Waals surface area contributed by atoms with E-state index in [-0.39, 0.29) is 11.5 Å². The predicted octanol–water partition coefficient (Wildman–Crippen LogP) is 18.3. The van der Waals surface area contributed by atoms with Gasteiger partial charge in [-0.25, -0.2) is 4.58 Å². The number of aliphatic hydroxyl groups excluding tert-OH is 1. The highest BCUT2D eigenvalue weighted by Crippen LogP contribution is 2.40. The molecule has 2 aromatic rings. The molecule has 0 amide bonds. The predicted molar refractivity (Wildman–Crippen MR) is 284 cm³/mol. The zero-order chi connectivity index (χ0) is 46.3. The Kier molecular flexibility index (Phi) is 26.0. The summed E-state index contributed by atoms with van der Waals surface area (Å²) in [5.74, 6) is 1.40. The Balaban J connectivity index is 1.10. The summed E-state index contributed by atoms with van der Waals surface area (Å²) < 4.78 is 8.84. The molecule has 2 aliphatic carbocycles. The Labute approximate surface area is 403 Å². The van der Waals surface area contributed by atoms with Gasteiger partial charge in [-0.2, -0.15) is 0 Å². The minimum atomic E-state index is -0.121. The Morgan fingerprint density at radius 2 is 0.909 bits per heavy atom. The highest BCUT2D eigenvalue weighted by atomic mass is 16.5. The molecule has 1 heterocycles. The van der Waals surface area contributed by atoms with E-state index in [4.69, 9.17) is 4.74 Å². The first-order valence-corrected chi connectivity index (χ1v) is 27.6. The standard InChI is InChI=1S/C62H89NO3/c1-3-5-7-9-11-13-15-17-19-21-23-25-27-29-31-38-48-63(49-39-32-30-28-26-24-22-20-18-16-14-12-10-8-6-4-2)55-46-44-53(45-47-55)60-61(64)57(62(60)65)50-54-51-59(52-40-34-33-35-41-52)66-58-43-37-36-42-56(54)58/h33-37,40-47,50-51H,3-32,38-39,48-49H2,1-2H3/p+1/b54-50+. The average Bonchev–Trinajstić information content (AvgIpc) is 3.35. The van der Waals surface area contributed by atoms with Crippen LogP contribution < -0.4 is 4.74 Å². The van der Waals surface area contributed by atoms with E-state index in [1.165, 1.54) is 211 Å². The van der Waals surface area contributed by atoms with E-state index >= 15 is 0 Å². The van der Waals surface area contributed by atoms with Gasteiger partial charge < -0.3 is 9.84 Å². The van der Waals surface area contributed by atoms with Gasteiger partial charge in [-0.3, -0.25) is 4.79 Å². The van der Waals surface area contributed by atoms with E-state index in [2.05, 4.69) is 30.6 Å². The summed E-state index contributed by atoms with van der Waals surface area (Å²) in [6.07, 6.45) is 56.5. The highest BCUT2D eigenvalue weighted by molar-refractivity contribution is 6.23. The van der Waals surface area contributed by atoms with Crippen molar-refractivity contribution in [2.24, 2.45) is 0 Å². The minimum absolute atomic E-state index is 0.0667. The van der Waals surface area contributed by atoms with Crippen molar-refractivity contribution in [3.05, 3.63) is 125 Å². The van der Waals surface area contributed by atoms with E-state index in [0.717, 1.165) is 46.9 Å². The normalized spacial score (nSPS) is 15.1. The number of carbonyl (C=O) groups is 1. The Morgan fingerprint density at radius 3 is 1.35 bits per heavy atom. The van der Waals surface area contributed by atoms with Crippen molar-refractivity contribution in [1.82, 2.24) is 0 Å². The number of hydrogen-bond donors (Lipinski definition) is 1. The van der Waals surface area contributed by atoms with Gasteiger partial charge in [0.15, 0.2) is 5.71 Å². The lowest BCUT2D eigenvalue weighted by Crippen LogP contribution is -2.25. The van der Waals surface area contributed by atoms with Gasteiger partial charge in [0.05, 0.1) is 11.1 Å². The first-order chi connectivity index (χ1) is 32.6. The summed E-state index contributed by atoms with van der Waals surface area (Å²) in [6, 6.07) is 17.9. The largest absolute Gasteiger partial charge is 0.506 e. The van der Waals surface area contributed by atoms with Crippen LogP contribution in [0.1, 0.15) is 230 Å². The lowest BCUT2D eigenvalue weighted by atomic mass is 9.81. The van der Waals surface area contributed by atoms with Crippen LogP contribution in [0.25, 0.3) is 11.3 Å². The number of nitrogens with zero attached hydrogens (tertiary/aromatic N) is 1. The summed E-state index contributed by atoms with van der Waals surface area (Å²) in [5.41, 5.74) is 5.45. The van der Waals surface area contributed by atoms with Crippen LogP contribution in [0.5, 0.6) is 5.75 Å². The zero-order valence-electron chi connectivity index (χ0n) is 41.9. The summed E-state index contributed by atoms with van der Waals surface area (Å²) in [5, 5.41) is 11.4. The Bertz CT molecular complexity index is 1880. The van der Waals surface area contributed by atoms with Crippen LogP contribution >= 0.6 is 0 Å². The lowest BCUT2D eigenvalue weighted by molar-refractivity contribution is -0.527. The molecule has 1 aliphatic heterocycles. The minimum Gasteiger partial charge on any atom is -0.506 e. The molecule has 0 atom stereocenters. The number of carbonyl (C=O) groups excluding carboxylic acids is 1. The summed E-state index contributed by atoms with van der Waals surface area (Å²) in [7, 11) is 0. The monoisotopic (exact) mass is 897 g/mol. The number of fused-ring (bicyclic) bond motifs is 1. The first-order valence-electron chi connectivity index (χ1n) is 27.6. The molecule has 3 aliphatic rings. The maximum atomic E-state index is 13.7. The first kappa shape index (κ1) is 52.8. The number of allylic oxidation sites excluding steroid dienone is 10. The number of hydrogen-bond acceptors (Lipinski definition) is 3. The molecule has 66 heavy (non-hydrogen) atoms. The van der Waals surface area contributed by atoms with Crippen LogP contribution in [0.4, 0.5) is 0 Å². The van der Waals surface area contributed by atoms with Crippen LogP contribution in [0.3, 0.4) is 0 Å². The third-order valence-electron chi connectivity index (χ3n) is 14.1. The molecule has 0 fully saturated rings. The number of rotatable bonds is 36. The van der Waals surface area contributed by atoms with Gasteiger partial charge in [0.1, 0.15) is 30.4 Å². The van der Waals surface area contributed by atoms with Gasteiger partial charge in [0, 0.05) is 36.1 Å². The average molecular weight is 897 g/mol. The van der Waals surface area contributed by atoms with Crippen LogP contribution in [0.2, 0.25) is 0 Å². The molecule has 1 N–H and O–H groups in total. The molecule has 0 saturated heterocycles. The molecule has 360 valence electrons. The molecular weight excluding hydrogens is 807 g/mol. The van der Waals surface area contributed by atoms with Crippen LogP contribution in [-0.2, 0) is 4.79 Å². The number of ketones is 1. The number of Topliss-reactive ketones (excluding diaryl/α,β-unsaturated/α-hetero) is 1. The molecule has 0 unspecified atom stereocenters. The zero-order valence-corrected chi connectivity index (χ0v) is 41.9. The topological polar surface area (TPSA) is 49.5 Å². The molecule has 0 aromatic heterocycles. The quantitative estimate of drug-likeness (QED) is 0.0421. The number of ether oxygens (including phenoxy) is 1. The molecular formula is C62H90NO3+. The third kappa shape index (κ3) is 18.8. The second kappa shape index (κ2) is 32.5. The van der Waals surface area contributed by atoms with Crippen LogP contribution in [-0.4, -0.2) is 34.3 Å². The van der Waals surface area contributed by atoms with E-state index in [1.807, 2.05) is 78.9 Å². The van der Waals surface area contributed by atoms with Gasteiger partial charge in [-0.15, -0.1) is 0 Å². The number of aliphatic hydroxyl groups is 1. The van der Waals surface area contributed by atoms with Gasteiger partial charge in [0.2, 0.25) is 5.78 Å². The van der Waals surface area contributed by atoms with Crippen molar-refractivity contribution < 1.29 is 19.2 Å². The maximum absolute atomic E-state index is 13.7. The molecule has 0 saturated carbocycles. The van der Waals surface area contributed by atoms with E-state index < -0.39 is 0 Å². The number of unbranched alkanes of at least 4 members (excludes halogenated alkanes) is 30. The van der Waals surface area contributed by atoms with E-state index in [9.17, 15) is 9.90 Å². The highest BCUT2D eigenvalue weighted by Gasteiger charge is 2.35. The Morgan fingerprint density at radius 1 is 0.500 bits per heavy atom. The molecule has 0 spiro atoms. The molecule has 5 rings (SSSR count). The second-order valence-electron chi connectivity index (χ2n) is 19.7.